The van der Waals surface area contributed by atoms with Crippen molar-refractivity contribution in [3.63, 3.8) is 0 Å². The molecule has 0 unspecified atom stereocenters. The molecule has 11 heteroatoms. The zero-order valence-corrected chi connectivity index (χ0v) is 17.2. The van der Waals surface area contributed by atoms with Gasteiger partial charge in [-0.2, -0.15) is 0 Å². The maximum absolute atomic E-state index is 14.7. The second-order valence-electron chi connectivity index (χ2n) is 7.89. The molecule has 30 heavy (non-hydrogen) atoms. The minimum absolute atomic E-state index is 0.0568. The third-order valence-corrected chi connectivity index (χ3v) is 8.03. The number of hydrogen-bond acceptors (Lipinski definition) is 8. The number of sulfone groups is 1. The minimum atomic E-state index is -3.69. The first kappa shape index (κ1) is 20.2. The van der Waals surface area contributed by atoms with Gasteiger partial charge in [-0.15, -0.1) is 0 Å². The number of halogens is 2. The van der Waals surface area contributed by atoms with Gasteiger partial charge in [0.05, 0.1) is 11.9 Å². The van der Waals surface area contributed by atoms with Crippen LogP contribution in [0.4, 0.5) is 20.3 Å². The molecule has 0 bridgehead atoms. The van der Waals surface area contributed by atoms with Gasteiger partial charge >= 0.3 is 0 Å². The number of nitrogens with two attached hydrogens (primary N) is 1. The normalized spacial score (nSPS) is 22.6. The Kier molecular flexibility index (Phi) is 4.35. The molecule has 0 fully saturated rings. The van der Waals surface area contributed by atoms with Crippen LogP contribution in [-0.4, -0.2) is 34.9 Å². The van der Waals surface area contributed by atoms with Gasteiger partial charge in [0.1, 0.15) is 27.8 Å². The Hall–Kier alpha value is -3.08. The molecule has 0 amide bonds. The number of fused-ring (bicyclic) bond motifs is 1. The average Bonchev–Trinajstić information content (AvgIpc) is 3.03. The smallest absolute Gasteiger partial charge is 0.200 e. The first-order chi connectivity index (χ1) is 13.9. The van der Waals surface area contributed by atoms with Crippen LogP contribution in [0.15, 0.2) is 40.0 Å². The van der Waals surface area contributed by atoms with Crippen molar-refractivity contribution < 1.29 is 21.7 Å². The highest BCUT2D eigenvalue weighted by Gasteiger charge is 2.49. The molecule has 0 radical (unpaired) electrons. The van der Waals surface area contributed by atoms with Crippen LogP contribution in [0.25, 0.3) is 11.1 Å². The molecule has 1 aliphatic heterocycles. The van der Waals surface area contributed by atoms with E-state index >= 15 is 0 Å². The molecule has 1 aliphatic rings. The van der Waals surface area contributed by atoms with Crippen molar-refractivity contribution in [1.29, 1.82) is 0 Å². The van der Waals surface area contributed by atoms with Crippen LogP contribution in [0.1, 0.15) is 26.3 Å². The van der Waals surface area contributed by atoms with Crippen molar-refractivity contribution in [2.45, 2.75) is 31.1 Å². The van der Waals surface area contributed by atoms with E-state index in [0.717, 1.165) is 12.3 Å². The maximum Gasteiger partial charge on any atom is 0.200 e. The minimum Gasteiger partial charge on any atom is -0.386 e. The van der Waals surface area contributed by atoms with Gasteiger partial charge < -0.3 is 15.6 Å². The van der Waals surface area contributed by atoms with Crippen LogP contribution in [0.2, 0.25) is 0 Å². The lowest BCUT2D eigenvalue weighted by Gasteiger charge is -2.38. The lowest BCUT2D eigenvalue weighted by molar-refractivity contribution is 0.458. The van der Waals surface area contributed by atoms with Gasteiger partial charge in [0, 0.05) is 17.3 Å². The van der Waals surface area contributed by atoms with Crippen molar-refractivity contribution in [2.75, 3.05) is 11.1 Å². The number of nitrogens with one attached hydrogen (secondary N) is 1. The zero-order valence-electron chi connectivity index (χ0n) is 16.4. The van der Waals surface area contributed by atoms with E-state index in [1.165, 1.54) is 39.0 Å². The third-order valence-electron chi connectivity index (χ3n) is 5.32. The van der Waals surface area contributed by atoms with Gasteiger partial charge in [0.2, 0.25) is 5.82 Å². The molecular weight excluding hydrogens is 416 g/mol. The summed E-state index contributed by atoms with van der Waals surface area (Å²) in [5.74, 6) is -1.48. The zero-order chi connectivity index (χ0) is 21.9. The Labute approximate surface area is 171 Å². The Balaban J connectivity index is 1.76. The van der Waals surface area contributed by atoms with Crippen LogP contribution in [0.5, 0.6) is 0 Å². The average molecular weight is 435 g/mol. The first-order valence-electron chi connectivity index (χ1n) is 8.99. The summed E-state index contributed by atoms with van der Waals surface area (Å²) < 4.78 is 57.3. The molecule has 0 saturated carbocycles. The largest absolute Gasteiger partial charge is 0.386 e. The molecule has 158 valence electrons. The molecule has 0 aliphatic carbocycles. The predicted molar refractivity (Wildman–Crippen MR) is 108 cm³/mol. The molecule has 0 spiro atoms. The highest BCUT2D eigenvalue weighted by molar-refractivity contribution is 7.93. The summed E-state index contributed by atoms with van der Waals surface area (Å²) in [6, 6.07) is 5.21. The monoisotopic (exact) mass is 435 g/mol. The van der Waals surface area contributed by atoms with Gasteiger partial charge in [-0.05, 0) is 39.0 Å². The topological polar surface area (TPSA) is 123 Å². The van der Waals surface area contributed by atoms with Crippen LogP contribution in [-0.2, 0) is 15.4 Å². The lowest BCUT2D eigenvalue weighted by atomic mass is 9.92. The standard InChI is InChI=1S/C19H19F2N5O3S/c1-18(2)17(22)25-19(3,9-30(18,27)28)12-7-11(4-5-13(12)21)24-16-15-14(29-26-16)6-10(20)8-23-15/h4-8H,9H2,1-3H3,(H2,22,25)(H,24,26)/t19-/m0/s1. The van der Waals surface area contributed by atoms with Gasteiger partial charge in [0.15, 0.2) is 20.9 Å². The van der Waals surface area contributed by atoms with E-state index in [4.69, 9.17) is 10.3 Å². The van der Waals surface area contributed by atoms with E-state index in [-0.39, 0.29) is 28.3 Å². The first-order valence-corrected chi connectivity index (χ1v) is 10.6. The lowest BCUT2D eigenvalue weighted by Crippen LogP contribution is -2.54. The van der Waals surface area contributed by atoms with E-state index < -0.39 is 37.5 Å². The van der Waals surface area contributed by atoms with Crippen molar-refractivity contribution in [3.05, 3.63) is 47.7 Å². The van der Waals surface area contributed by atoms with E-state index in [2.05, 4.69) is 20.4 Å². The molecule has 1 aromatic carbocycles. The van der Waals surface area contributed by atoms with Crippen molar-refractivity contribution in [3.8, 4) is 0 Å². The van der Waals surface area contributed by atoms with E-state index in [0.29, 0.717) is 5.69 Å². The fourth-order valence-electron chi connectivity index (χ4n) is 3.32. The summed E-state index contributed by atoms with van der Waals surface area (Å²) in [5, 5.41) is 6.75. The van der Waals surface area contributed by atoms with Crippen LogP contribution in [0.3, 0.4) is 0 Å². The predicted octanol–water partition coefficient (Wildman–Crippen LogP) is 3.02. The van der Waals surface area contributed by atoms with Gasteiger partial charge in [0.25, 0.3) is 0 Å². The summed E-state index contributed by atoms with van der Waals surface area (Å²) in [4.78, 5) is 8.29. The highest BCUT2D eigenvalue weighted by atomic mass is 32.2. The summed E-state index contributed by atoms with van der Waals surface area (Å²) >= 11 is 0. The second-order valence-corrected chi connectivity index (χ2v) is 10.4. The fraction of sp³-hybridized carbons (Fsp3) is 0.316. The van der Waals surface area contributed by atoms with Crippen molar-refractivity contribution in [2.24, 2.45) is 10.7 Å². The SMILES string of the molecule is CC1(C)C(N)=N[C@](C)(c2cc(Nc3noc4cc(F)cnc34)ccc2F)CS1(=O)=O. The Morgan fingerprint density at radius 3 is 2.63 bits per heavy atom. The molecule has 1 atom stereocenters. The van der Waals surface area contributed by atoms with Gasteiger partial charge in [-0.3, -0.25) is 4.99 Å². The number of nitrogens with zero attached hydrogens (tertiary/aromatic N) is 3. The molecule has 4 rings (SSSR count). The quantitative estimate of drug-likeness (QED) is 0.648. The molecule has 3 N–H and O–H groups in total. The number of amidine groups is 1. The highest BCUT2D eigenvalue weighted by Crippen LogP contribution is 2.39. The number of anilines is 2. The number of rotatable bonds is 3. The molecule has 0 saturated heterocycles. The molecule has 2 aromatic heterocycles. The molecule has 8 nitrogen and oxygen atoms in total. The summed E-state index contributed by atoms with van der Waals surface area (Å²) in [6.45, 7) is 4.46. The summed E-state index contributed by atoms with van der Waals surface area (Å²) in [5.41, 5.74) is 5.42. The summed E-state index contributed by atoms with van der Waals surface area (Å²) in [6.07, 6.45) is 1.02. The number of pyridine rings is 1. The van der Waals surface area contributed by atoms with E-state index in [9.17, 15) is 17.2 Å². The van der Waals surface area contributed by atoms with Crippen molar-refractivity contribution >= 4 is 38.3 Å². The van der Waals surface area contributed by atoms with Crippen molar-refractivity contribution in [1.82, 2.24) is 10.1 Å². The summed E-state index contributed by atoms with van der Waals surface area (Å²) in [7, 11) is -3.69. The van der Waals surface area contributed by atoms with Gasteiger partial charge in [-0.1, -0.05) is 5.16 Å². The van der Waals surface area contributed by atoms with E-state index in [1.807, 2.05) is 0 Å². The van der Waals surface area contributed by atoms with Crippen LogP contribution < -0.4 is 11.1 Å². The Bertz CT molecular complexity index is 1300. The Morgan fingerprint density at radius 2 is 1.93 bits per heavy atom. The second kappa shape index (κ2) is 6.46. The number of hydrogen-bond donors (Lipinski definition) is 2. The molecular formula is C19H19F2N5O3S. The molecule has 3 aromatic rings. The van der Waals surface area contributed by atoms with Gasteiger partial charge in [-0.25, -0.2) is 22.2 Å². The van der Waals surface area contributed by atoms with Crippen LogP contribution in [0, 0.1) is 11.6 Å². The fourth-order valence-corrected chi connectivity index (χ4v) is 5.01. The molecule has 3 heterocycles. The number of aliphatic imine (C=N–C) groups is 1. The maximum atomic E-state index is 14.7. The third kappa shape index (κ3) is 3.09. The number of aromatic nitrogens is 2. The van der Waals surface area contributed by atoms with Crippen LogP contribution >= 0.6 is 0 Å². The number of benzene rings is 1. The Morgan fingerprint density at radius 1 is 1.20 bits per heavy atom. The van der Waals surface area contributed by atoms with E-state index in [1.54, 1.807) is 0 Å².